The van der Waals surface area contributed by atoms with Gasteiger partial charge in [-0.15, -0.1) is 0 Å². The van der Waals surface area contributed by atoms with Gasteiger partial charge in [-0.3, -0.25) is 5.10 Å². The molecule has 3 heterocycles. The second kappa shape index (κ2) is 3.90. The van der Waals surface area contributed by atoms with Crippen molar-refractivity contribution in [3.63, 3.8) is 0 Å². The molecular formula is C10H16N4O. The largest absolute Gasteiger partial charge is 0.370 e. The molecule has 0 saturated carbocycles. The summed E-state index contributed by atoms with van der Waals surface area (Å²) in [4.78, 5) is 4.54. The van der Waals surface area contributed by atoms with Crippen molar-refractivity contribution >= 4 is 0 Å². The smallest absolute Gasteiger partial charge is 0.155 e. The van der Waals surface area contributed by atoms with Gasteiger partial charge in [-0.05, 0) is 25.8 Å². The van der Waals surface area contributed by atoms with E-state index >= 15 is 0 Å². The molecule has 2 saturated heterocycles. The van der Waals surface area contributed by atoms with E-state index in [1.165, 1.54) is 0 Å². The molecule has 0 bridgehead atoms. The summed E-state index contributed by atoms with van der Waals surface area (Å²) in [5.74, 6) is 2.34. The summed E-state index contributed by atoms with van der Waals surface area (Å²) in [6.07, 6.45) is 3.49. The van der Waals surface area contributed by atoms with Gasteiger partial charge < -0.3 is 10.1 Å². The molecule has 1 aromatic heterocycles. The average Bonchev–Trinajstić information content (AvgIpc) is 3.02. The minimum atomic E-state index is 0.153. The molecular weight excluding hydrogens is 192 g/mol. The summed E-state index contributed by atoms with van der Waals surface area (Å²) in [7, 11) is 0. The molecule has 2 aliphatic rings. The predicted octanol–water partition coefficient (Wildman–Crippen LogP) is 0.733. The third-order valence-corrected chi connectivity index (χ3v) is 3.18. The number of hydrogen-bond donors (Lipinski definition) is 2. The molecule has 5 nitrogen and oxygen atoms in total. The van der Waals surface area contributed by atoms with Gasteiger partial charge in [0, 0.05) is 19.1 Å². The standard InChI is InChI=1S/C10H16N4O/c1-2-8(15-5-1)10-12-9(13-14-10)7-3-4-11-6-7/h7-8,11H,1-6H2,(H,12,13,14). The van der Waals surface area contributed by atoms with Crippen molar-refractivity contribution < 1.29 is 4.74 Å². The molecule has 1 aromatic rings. The van der Waals surface area contributed by atoms with E-state index in [1.54, 1.807) is 0 Å². The third-order valence-electron chi connectivity index (χ3n) is 3.18. The van der Waals surface area contributed by atoms with Gasteiger partial charge in [0.25, 0.3) is 0 Å². The summed E-state index contributed by atoms with van der Waals surface area (Å²) in [5.41, 5.74) is 0. The Morgan fingerprint density at radius 2 is 2.33 bits per heavy atom. The molecule has 2 unspecified atom stereocenters. The highest BCUT2D eigenvalue weighted by Crippen LogP contribution is 2.27. The van der Waals surface area contributed by atoms with E-state index in [2.05, 4.69) is 20.5 Å². The van der Waals surface area contributed by atoms with Crippen LogP contribution in [-0.4, -0.2) is 34.9 Å². The Morgan fingerprint density at radius 3 is 3.07 bits per heavy atom. The van der Waals surface area contributed by atoms with Crippen LogP contribution in [0.4, 0.5) is 0 Å². The van der Waals surface area contributed by atoms with Crippen LogP contribution in [0.1, 0.15) is 42.9 Å². The monoisotopic (exact) mass is 208 g/mol. The maximum atomic E-state index is 5.57. The van der Waals surface area contributed by atoms with Crippen molar-refractivity contribution in [3.05, 3.63) is 11.6 Å². The Balaban J connectivity index is 1.74. The fourth-order valence-electron chi connectivity index (χ4n) is 2.28. The zero-order valence-corrected chi connectivity index (χ0v) is 8.70. The lowest BCUT2D eigenvalue weighted by molar-refractivity contribution is 0.105. The molecule has 0 amide bonds. The van der Waals surface area contributed by atoms with E-state index in [4.69, 9.17) is 4.74 Å². The SMILES string of the molecule is C1COC(c2nc(C3CCNC3)n[nH]2)C1. The number of aromatic amines is 1. The Morgan fingerprint density at radius 1 is 1.33 bits per heavy atom. The predicted molar refractivity (Wildman–Crippen MR) is 54.5 cm³/mol. The van der Waals surface area contributed by atoms with Crippen molar-refractivity contribution in [1.29, 1.82) is 0 Å². The summed E-state index contributed by atoms with van der Waals surface area (Å²) in [6.45, 7) is 2.93. The van der Waals surface area contributed by atoms with Crippen molar-refractivity contribution in [2.24, 2.45) is 0 Å². The molecule has 2 N–H and O–H groups in total. The summed E-state index contributed by atoms with van der Waals surface area (Å²) in [5, 5.41) is 10.6. The first kappa shape index (κ1) is 9.30. The van der Waals surface area contributed by atoms with Gasteiger partial charge in [-0.25, -0.2) is 4.98 Å². The van der Waals surface area contributed by atoms with Crippen molar-refractivity contribution in [1.82, 2.24) is 20.5 Å². The van der Waals surface area contributed by atoms with Crippen molar-refractivity contribution in [2.75, 3.05) is 19.7 Å². The second-order valence-corrected chi connectivity index (χ2v) is 4.27. The molecule has 0 radical (unpaired) electrons. The number of nitrogens with one attached hydrogen (secondary N) is 2. The Bertz CT molecular complexity index is 295. The molecule has 3 rings (SSSR count). The fraction of sp³-hybridized carbons (Fsp3) is 0.800. The molecule has 2 aliphatic heterocycles. The van der Waals surface area contributed by atoms with E-state index in [1.807, 2.05) is 0 Å². The molecule has 2 fully saturated rings. The summed E-state index contributed by atoms with van der Waals surface area (Å²) >= 11 is 0. The third kappa shape index (κ3) is 1.77. The zero-order valence-electron chi connectivity index (χ0n) is 8.70. The first-order chi connectivity index (χ1) is 7.43. The minimum absolute atomic E-state index is 0.153. The summed E-state index contributed by atoms with van der Waals surface area (Å²) < 4.78 is 5.57. The number of nitrogens with zero attached hydrogens (tertiary/aromatic N) is 2. The van der Waals surface area contributed by atoms with E-state index in [0.29, 0.717) is 5.92 Å². The lowest BCUT2D eigenvalue weighted by Crippen LogP contribution is -2.09. The van der Waals surface area contributed by atoms with Crippen LogP contribution in [0.5, 0.6) is 0 Å². The van der Waals surface area contributed by atoms with Gasteiger partial charge in [-0.1, -0.05) is 0 Å². The number of rotatable bonds is 2. The van der Waals surface area contributed by atoms with E-state index in [0.717, 1.165) is 50.6 Å². The Kier molecular flexibility index (Phi) is 2.42. The van der Waals surface area contributed by atoms with Crippen LogP contribution < -0.4 is 5.32 Å². The highest BCUT2D eigenvalue weighted by Gasteiger charge is 2.25. The number of hydrogen-bond acceptors (Lipinski definition) is 4. The number of H-pyrrole nitrogens is 1. The quantitative estimate of drug-likeness (QED) is 0.752. The lowest BCUT2D eigenvalue weighted by atomic mass is 10.1. The van der Waals surface area contributed by atoms with E-state index < -0.39 is 0 Å². The maximum absolute atomic E-state index is 5.57. The topological polar surface area (TPSA) is 62.8 Å². The van der Waals surface area contributed by atoms with Crippen molar-refractivity contribution in [2.45, 2.75) is 31.3 Å². The fourth-order valence-corrected chi connectivity index (χ4v) is 2.28. The van der Waals surface area contributed by atoms with Crippen LogP contribution >= 0.6 is 0 Å². The molecule has 5 heteroatoms. The summed E-state index contributed by atoms with van der Waals surface area (Å²) in [6, 6.07) is 0. The zero-order chi connectivity index (χ0) is 10.1. The highest BCUT2D eigenvalue weighted by molar-refractivity contribution is 5.03. The highest BCUT2D eigenvalue weighted by atomic mass is 16.5. The molecule has 0 aromatic carbocycles. The Hall–Kier alpha value is -0.940. The van der Waals surface area contributed by atoms with Gasteiger partial charge in [0.1, 0.15) is 6.10 Å². The van der Waals surface area contributed by atoms with Crippen LogP contribution in [0.2, 0.25) is 0 Å². The van der Waals surface area contributed by atoms with E-state index in [9.17, 15) is 0 Å². The molecule has 0 aliphatic carbocycles. The van der Waals surface area contributed by atoms with Crippen LogP contribution in [0.25, 0.3) is 0 Å². The van der Waals surface area contributed by atoms with Crippen LogP contribution in [-0.2, 0) is 4.74 Å². The maximum Gasteiger partial charge on any atom is 0.155 e. The van der Waals surface area contributed by atoms with Gasteiger partial charge >= 0.3 is 0 Å². The average molecular weight is 208 g/mol. The molecule has 2 atom stereocenters. The van der Waals surface area contributed by atoms with Gasteiger partial charge in [0.05, 0.1) is 0 Å². The number of aromatic nitrogens is 3. The number of ether oxygens (including phenoxy) is 1. The second-order valence-electron chi connectivity index (χ2n) is 4.27. The molecule has 0 spiro atoms. The Labute approximate surface area is 88.6 Å². The van der Waals surface area contributed by atoms with Crippen LogP contribution in [0.15, 0.2) is 0 Å². The molecule has 15 heavy (non-hydrogen) atoms. The van der Waals surface area contributed by atoms with Crippen LogP contribution in [0, 0.1) is 0 Å². The van der Waals surface area contributed by atoms with Gasteiger partial charge in [0.2, 0.25) is 0 Å². The first-order valence-corrected chi connectivity index (χ1v) is 5.68. The van der Waals surface area contributed by atoms with E-state index in [-0.39, 0.29) is 6.10 Å². The van der Waals surface area contributed by atoms with Crippen molar-refractivity contribution in [3.8, 4) is 0 Å². The first-order valence-electron chi connectivity index (χ1n) is 5.68. The van der Waals surface area contributed by atoms with Gasteiger partial charge in [0.15, 0.2) is 11.6 Å². The van der Waals surface area contributed by atoms with Gasteiger partial charge in [-0.2, -0.15) is 5.10 Å². The normalized spacial score (nSPS) is 31.2. The minimum Gasteiger partial charge on any atom is -0.370 e. The van der Waals surface area contributed by atoms with Crippen LogP contribution in [0.3, 0.4) is 0 Å². The molecule has 82 valence electrons. The lowest BCUT2D eigenvalue weighted by Gasteiger charge is -2.03.